The van der Waals surface area contributed by atoms with Gasteiger partial charge >= 0.3 is 6.18 Å². The summed E-state index contributed by atoms with van der Waals surface area (Å²) >= 11 is 0. The molecule has 1 heterocycles. The molecule has 0 radical (unpaired) electrons. The number of aromatic nitrogens is 2. The van der Waals surface area contributed by atoms with E-state index < -0.39 is 17.3 Å². The van der Waals surface area contributed by atoms with Gasteiger partial charge in [0.15, 0.2) is 0 Å². The first-order valence-corrected chi connectivity index (χ1v) is 5.63. The topological polar surface area (TPSA) is 66.0 Å². The van der Waals surface area contributed by atoms with Crippen molar-refractivity contribution in [2.75, 3.05) is 6.61 Å². The van der Waals surface area contributed by atoms with Gasteiger partial charge in [0, 0.05) is 13.0 Å². The van der Waals surface area contributed by atoms with Crippen molar-refractivity contribution in [2.24, 2.45) is 0 Å². The number of aliphatic hydroxyl groups excluding tert-OH is 1. The Kier molecular flexibility index (Phi) is 3.57. The number of hydrogen-bond acceptors (Lipinski definition) is 3. The first-order chi connectivity index (χ1) is 8.93. The van der Waals surface area contributed by atoms with Crippen LogP contribution in [0.15, 0.2) is 23.0 Å². The number of nitrogens with zero attached hydrogens (tertiary/aromatic N) is 1. The van der Waals surface area contributed by atoms with E-state index in [1.54, 1.807) is 0 Å². The van der Waals surface area contributed by atoms with Crippen LogP contribution in [0.4, 0.5) is 13.2 Å². The minimum Gasteiger partial charge on any atom is -0.396 e. The van der Waals surface area contributed by atoms with Crippen LogP contribution in [-0.4, -0.2) is 21.7 Å². The molecule has 7 heteroatoms. The summed E-state index contributed by atoms with van der Waals surface area (Å²) in [6, 6.07) is 3.37. The van der Waals surface area contributed by atoms with E-state index in [2.05, 4.69) is 9.97 Å². The van der Waals surface area contributed by atoms with Crippen molar-refractivity contribution in [1.29, 1.82) is 0 Å². The molecule has 1 aromatic carbocycles. The Bertz CT molecular complexity index is 649. The third-order valence-corrected chi connectivity index (χ3v) is 2.66. The molecule has 0 fully saturated rings. The van der Waals surface area contributed by atoms with Gasteiger partial charge in [-0.05, 0) is 18.6 Å². The van der Waals surface area contributed by atoms with Gasteiger partial charge in [-0.3, -0.25) is 4.79 Å². The summed E-state index contributed by atoms with van der Waals surface area (Å²) in [4.78, 5) is 18.0. The van der Waals surface area contributed by atoms with Crippen LogP contribution < -0.4 is 5.56 Å². The molecule has 2 aromatic rings. The Hall–Kier alpha value is -1.89. The van der Waals surface area contributed by atoms with Gasteiger partial charge < -0.3 is 10.1 Å². The number of benzene rings is 1. The van der Waals surface area contributed by atoms with Crippen molar-refractivity contribution in [1.82, 2.24) is 9.97 Å². The van der Waals surface area contributed by atoms with Gasteiger partial charge in [0.1, 0.15) is 5.82 Å². The molecule has 4 nitrogen and oxygen atoms in total. The summed E-state index contributed by atoms with van der Waals surface area (Å²) < 4.78 is 38.5. The number of para-hydroxylation sites is 1. The molecule has 0 unspecified atom stereocenters. The SMILES string of the molecule is O=c1[nH]c(CCCO)nc2c(C(F)(F)F)cccc12. The number of fused-ring (bicyclic) bond motifs is 1. The predicted octanol–water partition coefficient (Wildman–Crippen LogP) is 1.87. The average molecular weight is 272 g/mol. The summed E-state index contributed by atoms with van der Waals surface area (Å²) in [6.45, 7) is -0.122. The molecule has 2 rings (SSSR count). The van der Waals surface area contributed by atoms with Gasteiger partial charge in [0.25, 0.3) is 5.56 Å². The highest BCUT2D eigenvalue weighted by atomic mass is 19.4. The van der Waals surface area contributed by atoms with E-state index in [4.69, 9.17) is 5.11 Å². The van der Waals surface area contributed by atoms with Crippen molar-refractivity contribution >= 4 is 10.9 Å². The van der Waals surface area contributed by atoms with Crippen LogP contribution in [0.2, 0.25) is 0 Å². The maximum Gasteiger partial charge on any atom is 0.418 e. The van der Waals surface area contributed by atoms with E-state index in [0.717, 1.165) is 6.07 Å². The number of aliphatic hydroxyl groups is 1. The second kappa shape index (κ2) is 5.00. The maximum atomic E-state index is 12.8. The highest BCUT2D eigenvalue weighted by molar-refractivity contribution is 5.81. The summed E-state index contributed by atoms with van der Waals surface area (Å²) in [7, 11) is 0. The number of halogens is 3. The Morgan fingerprint density at radius 3 is 2.68 bits per heavy atom. The highest BCUT2D eigenvalue weighted by Gasteiger charge is 2.33. The Morgan fingerprint density at radius 2 is 2.05 bits per heavy atom. The van der Waals surface area contributed by atoms with Crippen LogP contribution in [0.5, 0.6) is 0 Å². The smallest absolute Gasteiger partial charge is 0.396 e. The van der Waals surface area contributed by atoms with Crippen LogP contribution >= 0.6 is 0 Å². The molecule has 19 heavy (non-hydrogen) atoms. The predicted molar refractivity (Wildman–Crippen MR) is 62.8 cm³/mol. The quantitative estimate of drug-likeness (QED) is 0.896. The van der Waals surface area contributed by atoms with Crippen LogP contribution in [0, 0.1) is 0 Å². The number of rotatable bonds is 3. The van der Waals surface area contributed by atoms with Crippen molar-refractivity contribution in [2.45, 2.75) is 19.0 Å². The van der Waals surface area contributed by atoms with Crippen LogP contribution in [0.25, 0.3) is 10.9 Å². The Balaban J connectivity index is 2.66. The molecule has 0 saturated heterocycles. The van der Waals surface area contributed by atoms with E-state index >= 15 is 0 Å². The first-order valence-electron chi connectivity index (χ1n) is 5.63. The van der Waals surface area contributed by atoms with E-state index in [0.29, 0.717) is 6.42 Å². The molecule has 0 saturated carbocycles. The molecule has 1 aromatic heterocycles. The molecule has 0 aliphatic carbocycles. The third-order valence-electron chi connectivity index (χ3n) is 2.66. The lowest BCUT2D eigenvalue weighted by Gasteiger charge is -2.10. The van der Waals surface area contributed by atoms with Gasteiger partial charge in [0.05, 0.1) is 16.5 Å². The fraction of sp³-hybridized carbons (Fsp3) is 0.333. The number of nitrogens with one attached hydrogen (secondary N) is 1. The van der Waals surface area contributed by atoms with Crippen LogP contribution in [0.1, 0.15) is 17.8 Å². The van der Waals surface area contributed by atoms with Gasteiger partial charge in [-0.15, -0.1) is 0 Å². The molecule has 0 bridgehead atoms. The van der Waals surface area contributed by atoms with Gasteiger partial charge in [-0.1, -0.05) is 6.07 Å². The molecule has 2 N–H and O–H groups in total. The number of alkyl halides is 3. The van der Waals surface area contributed by atoms with Gasteiger partial charge in [-0.2, -0.15) is 13.2 Å². The standard InChI is InChI=1S/C12H11F3N2O2/c13-12(14,15)8-4-1-3-7-10(8)16-9(5-2-6-18)17-11(7)19/h1,3-4,18H,2,5-6H2,(H,16,17,19). The lowest BCUT2D eigenvalue weighted by atomic mass is 10.1. The lowest BCUT2D eigenvalue weighted by Crippen LogP contribution is -2.15. The third kappa shape index (κ3) is 2.76. The molecule has 0 aliphatic rings. The van der Waals surface area contributed by atoms with E-state index in [1.165, 1.54) is 12.1 Å². The summed E-state index contributed by atoms with van der Waals surface area (Å²) in [5.74, 6) is 0.142. The largest absolute Gasteiger partial charge is 0.418 e. The molecule has 0 spiro atoms. The zero-order chi connectivity index (χ0) is 14.0. The fourth-order valence-corrected chi connectivity index (χ4v) is 1.80. The average Bonchev–Trinajstić information content (AvgIpc) is 2.34. The molecule has 0 amide bonds. The van der Waals surface area contributed by atoms with Crippen molar-refractivity contribution < 1.29 is 18.3 Å². The number of H-pyrrole nitrogens is 1. The van der Waals surface area contributed by atoms with E-state index in [-0.39, 0.29) is 29.8 Å². The second-order valence-corrected chi connectivity index (χ2v) is 4.04. The summed E-state index contributed by atoms with van der Waals surface area (Å²) in [5.41, 5.74) is -1.89. The Labute approximate surface area is 105 Å². The minimum atomic E-state index is -4.56. The summed E-state index contributed by atoms with van der Waals surface area (Å²) in [6.07, 6.45) is -4.02. The minimum absolute atomic E-state index is 0.0948. The first kappa shape index (κ1) is 13.5. The monoisotopic (exact) mass is 272 g/mol. The van der Waals surface area contributed by atoms with E-state index in [9.17, 15) is 18.0 Å². The molecular weight excluding hydrogens is 261 g/mol. The highest BCUT2D eigenvalue weighted by Crippen LogP contribution is 2.32. The number of aryl methyl sites for hydroxylation is 1. The van der Waals surface area contributed by atoms with E-state index in [1.807, 2.05) is 0 Å². The van der Waals surface area contributed by atoms with Gasteiger partial charge in [0.2, 0.25) is 0 Å². The van der Waals surface area contributed by atoms with Gasteiger partial charge in [-0.25, -0.2) is 4.98 Å². The van der Waals surface area contributed by atoms with Crippen LogP contribution in [0.3, 0.4) is 0 Å². The normalized spacial score (nSPS) is 12.0. The maximum absolute atomic E-state index is 12.8. The van der Waals surface area contributed by atoms with Crippen molar-refractivity contribution in [3.63, 3.8) is 0 Å². The van der Waals surface area contributed by atoms with Crippen molar-refractivity contribution in [3.05, 3.63) is 39.9 Å². The molecule has 0 atom stereocenters. The zero-order valence-electron chi connectivity index (χ0n) is 9.79. The fourth-order valence-electron chi connectivity index (χ4n) is 1.80. The molecule has 102 valence electrons. The number of hydrogen-bond donors (Lipinski definition) is 2. The molecule has 0 aliphatic heterocycles. The summed E-state index contributed by atoms with van der Waals surface area (Å²) in [5, 5.41) is 8.60. The zero-order valence-corrected chi connectivity index (χ0v) is 9.79. The Morgan fingerprint density at radius 1 is 1.32 bits per heavy atom. The van der Waals surface area contributed by atoms with Crippen molar-refractivity contribution in [3.8, 4) is 0 Å². The number of aromatic amines is 1. The second-order valence-electron chi connectivity index (χ2n) is 4.04. The molecular formula is C12H11F3N2O2. The lowest BCUT2D eigenvalue weighted by molar-refractivity contribution is -0.136. The van der Waals surface area contributed by atoms with Crippen LogP contribution in [-0.2, 0) is 12.6 Å².